The number of hydrogen-bond acceptors (Lipinski definition) is 10. The van der Waals surface area contributed by atoms with Crippen molar-refractivity contribution in [3.05, 3.63) is 81.3 Å². The van der Waals surface area contributed by atoms with Gasteiger partial charge in [-0.3, -0.25) is 4.90 Å². The van der Waals surface area contributed by atoms with E-state index < -0.39 is 24.0 Å². The number of benzene rings is 3. The molecule has 0 amide bonds. The molecule has 0 unspecified atom stereocenters. The lowest BCUT2D eigenvalue weighted by atomic mass is 9.92. The summed E-state index contributed by atoms with van der Waals surface area (Å²) in [5.41, 5.74) is 3.59. The first-order valence-corrected chi connectivity index (χ1v) is 18.0. The minimum Gasteiger partial charge on any atom is -0.508 e. The van der Waals surface area contributed by atoms with E-state index in [9.17, 15) is 19.4 Å². The number of thiophene rings is 1. The third-order valence-corrected chi connectivity index (χ3v) is 11.4. The van der Waals surface area contributed by atoms with Crippen LogP contribution in [0, 0.1) is 19.7 Å². The number of halogens is 3. The van der Waals surface area contributed by atoms with Gasteiger partial charge in [-0.1, -0.05) is 35.3 Å². The summed E-state index contributed by atoms with van der Waals surface area (Å²) >= 11 is 15.7. The van der Waals surface area contributed by atoms with Crippen molar-refractivity contribution in [1.29, 1.82) is 0 Å². The molecule has 14 heteroatoms. The summed E-state index contributed by atoms with van der Waals surface area (Å²) in [5, 5.41) is 22.2. The minimum absolute atomic E-state index is 0.0156. The van der Waals surface area contributed by atoms with Gasteiger partial charge in [-0.25, -0.2) is 19.2 Å². The number of likely N-dealkylation sites (N-methyl/N-ethyl adjacent to an activating group) is 1. The second kappa shape index (κ2) is 14.4. The van der Waals surface area contributed by atoms with Gasteiger partial charge < -0.3 is 29.3 Å². The zero-order valence-corrected chi connectivity index (χ0v) is 30.4. The maximum atomic E-state index is 14.1. The van der Waals surface area contributed by atoms with Crippen LogP contribution < -0.4 is 14.2 Å². The zero-order chi connectivity index (χ0) is 36.0. The maximum Gasteiger partial charge on any atom is 0.345 e. The maximum absolute atomic E-state index is 14.1. The molecule has 1 saturated heterocycles. The van der Waals surface area contributed by atoms with E-state index in [2.05, 4.69) is 26.8 Å². The van der Waals surface area contributed by atoms with Crippen LogP contribution in [0.25, 0.3) is 31.8 Å². The Morgan fingerprint density at radius 2 is 1.71 bits per heavy atom. The molecule has 3 aromatic carbocycles. The number of nitrogens with zero attached hydrogens (tertiary/aromatic N) is 4. The van der Waals surface area contributed by atoms with Gasteiger partial charge in [0.2, 0.25) is 12.0 Å². The van der Waals surface area contributed by atoms with Crippen LogP contribution in [0.1, 0.15) is 16.7 Å². The summed E-state index contributed by atoms with van der Waals surface area (Å²) in [6.07, 6.45) is -0.851. The highest BCUT2D eigenvalue weighted by Crippen LogP contribution is 2.53. The molecular weight excluding hydrogens is 718 g/mol. The Hall–Kier alpha value is -4.20. The number of carbonyl (C=O) groups is 1. The zero-order valence-electron chi connectivity index (χ0n) is 28.1. The molecule has 0 aliphatic carbocycles. The molecule has 5 heterocycles. The van der Waals surface area contributed by atoms with Gasteiger partial charge in [-0.05, 0) is 73.5 Å². The van der Waals surface area contributed by atoms with E-state index in [1.165, 1.54) is 35.9 Å². The first-order chi connectivity index (χ1) is 24.5. The summed E-state index contributed by atoms with van der Waals surface area (Å²) in [4.78, 5) is 27.4. The number of aromatic hydroxyl groups is 1. The molecule has 3 aliphatic heterocycles. The van der Waals surface area contributed by atoms with Crippen LogP contribution >= 0.6 is 34.5 Å². The third kappa shape index (κ3) is 7.03. The van der Waals surface area contributed by atoms with E-state index in [1.54, 1.807) is 24.3 Å². The van der Waals surface area contributed by atoms with Crippen LogP contribution in [0.2, 0.25) is 10.0 Å². The van der Waals surface area contributed by atoms with E-state index in [4.69, 9.17) is 37.4 Å². The second-order valence-electron chi connectivity index (χ2n) is 12.8. The quantitative estimate of drug-likeness (QED) is 0.194. The highest BCUT2D eigenvalue weighted by Gasteiger charge is 2.32. The molecule has 0 spiro atoms. The summed E-state index contributed by atoms with van der Waals surface area (Å²) in [7, 11) is 2.09. The number of carboxylic acids is 1. The summed E-state index contributed by atoms with van der Waals surface area (Å²) in [5.74, 6) is -1.01. The number of phenolic OH excluding ortho intramolecular Hbond substituents is 1. The van der Waals surface area contributed by atoms with Crippen molar-refractivity contribution in [2.75, 3.05) is 46.4 Å². The smallest absolute Gasteiger partial charge is 0.345 e. The number of rotatable bonds is 4. The molecule has 10 nitrogen and oxygen atoms in total. The van der Waals surface area contributed by atoms with Gasteiger partial charge in [0, 0.05) is 55.1 Å². The van der Waals surface area contributed by atoms with Crippen molar-refractivity contribution in [2.45, 2.75) is 32.5 Å². The fourth-order valence-corrected chi connectivity index (χ4v) is 8.24. The molecule has 51 heavy (non-hydrogen) atoms. The first kappa shape index (κ1) is 35.2. The van der Waals surface area contributed by atoms with Crippen LogP contribution in [-0.4, -0.2) is 94.5 Å². The molecule has 2 atom stereocenters. The Balaban J connectivity index is 1.46. The largest absolute Gasteiger partial charge is 0.508 e. The number of fused-ring (bicyclic) bond motifs is 7. The Bertz CT molecular complexity index is 2090. The lowest BCUT2D eigenvalue weighted by Gasteiger charge is -2.35. The highest BCUT2D eigenvalue weighted by molar-refractivity contribution is 7.22. The Labute approximate surface area is 307 Å². The molecule has 8 rings (SSSR count). The number of piperazine rings is 1. The summed E-state index contributed by atoms with van der Waals surface area (Å²) in [6.45, 7) is 7.88. The summed E-state index contributed by atoms with van der Waals surface area (Å²) < 4.78 is 33.3. The van der Waals surface area contributed by atoms with E-state index >= 15 is 0 Å². The van der Waals surface area contributed by atoms with Gasteiger partial charge in [-0.15, -0.1) is 11.3 Å². The van der Waals surface area contributed by atoms with Crippen molar-refractivity contribution in [3.63, 3.8) is 0 Å². The fraction of sp³-hybridized carbons (Fsp3) is 0.324. The van der Waals surface area contributed by atoms with Crippen molar-refractivity contribution < 1.29 is 33.6 Å². The van der Waals surface area contributed by atoms with Crippen molar-refractivity contribution >= 4 is 50.7 Å². The van der Waals surface area contributed by atoms with Gasteiger partial charge in [-0.2, -0.15) is 0 Å². The predicted molar refractivity (Wildman–Crippen MR) is 195 cm³/mol. The highest BCUT2D eigenvalue weighted by atomic mass is 35.5. The Morgan fingerprint density at radius 3 is 2.39 bits per heavy atom. The molecule has 2 aromatic heterocycles. The molecule has 3 aliphatic rings. The number of phenols is 1. The number of aliphatic carboxylic acids is 1. The van der Waals surface area contributed by atoms with E-state index in [-0.39, 0.29) is 24.7 Å². The van der Waals surface area contributed by atoms with Crippen molar-refractivity contribution in [1.82, 2.24) is 19.8 Å². The van der Waals surface area contributed by atoms with Gasteiger partial charge in [0.05, 0.1) is 15.4 Å². The first-order valence-electron chi connectivity index (χ1n) is 16.4. The van der Waals surface area contributed by atoms with E-state index in [0.717, 1.165) is 26.2 Å². The number of carboxylic acid groups (broad SMARTS) is 1. The average Bonchev–Trinajstić information content (AvgIpc) is 3.50. The van der Waals surface area contributed by atoms with Crippen molar-refractivity contribution in [2.24, 2.45) is 0 Å². The minimum atomic E-state index is -1.45. The summed E-state index contributed by atoms with van der Waals surface area (Å²) in [6, 6.07) is 10.7. The molecule has 266 valence electrons. The van der Waals surface area contributed by atoms with Crippen molar-refractivity contribution in [3.8, 4) is 44.7 Å². The number of aromatic nitrogens is 2. The Morgan fingerprint density at radius 1 is 1.00 bits per heavy atom. The number of hydrogen-bond donors (Lipinski definition) is 2. The molecule has 2 N–H and O–H groups in total. The van der Waals surface area contributed by atoms with Crippen LogP contribution in [0.4, 0.5) is 4.39 Å². The van der Waals surface area contributed by atoms with Crippen LogP contribution in [0.15, 0.2) is 48.8 Å². The van der Waals surface area contributed by atoms with Crippen LogP contribution in [0.5, 0.6) is 23.1 Å². The Kier molecular flexibility index (Phi) is 9.97. The standard InChI is InChI=1S/C37H35Cl2FN4O6S/c1-19-28-20(2)32(39)33(31(19)38)49-25(16-44-12-10-43(3)11-13-44)17-48-24-8-9-26(45)22(14-24)15-27(37(46)47)50-35-30-29(28)34(51-36(30)42-18-41-35)21-4-6-23(40)7-5-21/h4-9,14,18,25,27,45H,10-13,15-17H2,1-3H3,(H,46,47)/t25-,27-/m1/s1. The molecule has 1 fully saturated rings. The molecule has 5 aromatic rings. The SMILES string of the molecule is Cc1c(Cl)c2c(Cl)c(C)c1-c1c(-c3ccc(F)cc3)sc3ncnc(c13)O[C@@H](C(=O)O)Cc1cc(ccc1O)OC[C@@H](CN1CCN(C)CC1)O2. The molecule has 0 radical (unpaired) electrons. The third-order valence-electron chi connectivity index (χ3n) is 9.38. The van der Waals surface area contributed by atoms with Crippen LogP contribution in [-0.2, 0) is 11.2 Å². The van der Waals surface area contributed by atoms with Gasteiger partial charge in [0.1, 0.15) is 41.2 Å². The van der Waals surface area contributed by atoms with Gasteiger partial charge in [0.15, 0.2) is 5.75 Å². The fourth-order valence-electron chi connectivity index (χ4n) is 6.58. The topological polar surface area (TPSA) is 117 Å². The average molecular weight is 754 g/mol. The van der Waals surface area contributed by atoms with Crippen LogP contribution in [0.3, 0.4) is 0 Å². The molecular formula is C37H35Cl2FN4O6S. The van der Waals surface area contributed by atoms with E-state index in [0.29, 0.717) is 76.6 Å². The van der Waals surface area contributed by atoms with E-state index in [1.807, 2.05) is 13.8 Å². The second-order valence-corrected chi connectivity index (χ2v) is 14.6. The van der Waals surface area contributed by atoms with Gasteiger partial charge in [0.25, 0.3) is 0 Å². The predicted octanol–water partition coefficient (Wildman–Crippen LogP) is 7.26. The lowest BCUT2D eigenvalue weighted by Crippen LogP contribution is -2.49. The molecule has 4 bridgehead atoms. The lowest BCUT2D eigenvalue weighted by molar-refractivity contribution is -0.145. The normalized spacial score (nSPS) is 18.5. The molecule has 0 saturated carbocycles. The number of ether oxygens (including phenoxy) is 3. The monoisotopic (exact) mass is 752 g/mol. The van der Waals surface area contributed by atoms with Gasteiger partial charge >= 0.3 is 5.97 Å².